The molecule has 0 aromatic carbocycles. The van der Waals surface area contributed by atoms with E-state index < -0.39 is 17.1 Å². The van der Waals surface area contributed by atoms with Crippen LogP contribution in [0.2, 0.25) is 17.3 Å². The van der Waals surface area contributed by atoms with Crippen molar-refractivity contribution in [2.75, 3.05) is 0 Å². The van der Waals surface area contributed by atoms with Crippen molar-refractivity contribution in [3.05, 3.63) is 0 Å². The second kappa shape index (κ2) is 2.70. The molecule has 8 heavy (non-hydrogen) atoms. The molecule has 0 unspecified atom stereocenters. The van der Waals surface area contributed by atoms with E-state index in [-0.39, 0.29) is 0 Å². The summed E-state index contributed by atoms with van der Waals surface area (Å²) in [5.74, 6) is 6.37. The standard InChI is InChI=1S/C3H9Cl3GeSi/c1-7(2,3)8(4,5)6/h1-3H3. The molecule has 0 heterocycles. The second-order valence-corrected chi connectivity index (χ2v) is 38.5. The molecular formula is C3H9Cl3GeSi. The van der Waals surface area contributed by atoms with Crippen molar-refractivity contribution in [1.82, 2.24) is 0 Å². The van der Waals surface area contributed by atoms with E-state index in [1.165, 1.54) is 0 Å². The quantitative estimate of drug-likeness (QED) is 0.497. The first kappa shape index (κ1) is 9.63. The van der Waals surface area contributed by atoms with Gasteiger partial charge in [-0.3, -0.25) is 0 Å². The van der Waals surface area contributed by atoms with E-state index in [1.54, 1.807) is 0 Å². The third-order valence-electron chi connectivity index (χ3n) is 0.850. The molecule has 0 aliphatic rings. The van der Waals surface area contributed by atoms with Crippen LogP contribution in [0, 0.1) is 0 Å². The average Bonchev–Trinajstić information content (AvgIpc) is 1.25. The van der Waals surface area contributed by atoms with E-state index in [1.807, 2.05) is 0 Å². The molecule has 0 N–H and O–H groups in total. The Morgan fingerprint density at radius 1 is 1.00 bits per heavy atom. The van der Waals surface area contributed by atoms with Gasteiger partial charge in [-0.05, 0) is 0 Å². The van der Waals surface area contributed by atoms with Crippen molar-refractivity contribution in [2.45, 2.75) is 17.3 Å². The predicted molar refractivity (Wildman–Crippen MR) is 46.7 cm³/mol. The Hall–Kier alpha value is 1.63. The van der Waals surface area contributed by atoms with Crippen LogP contribution in [0.15, 0.2) is 0 Å². The first-order chi connectivity index (χ1) is 3.25. The molecule has 0 aromatic rings. The van der Waals surface area contributed by atoms with Gasteiger partial charge in [0.05, 0.1) is 0 Å². The van der Waals surface area contributed by atoms with Gasteiger partial charge in [0.15, 0.2) is 0 Å². The van der Waals surface area contributed by atoms with Gasteiger partial charge < -0.3 is 0 Å². The summed E-state index contributed by atoms with van der Waals surface area (Å²) < 4.78 is -2.25. The Morgan fingerprint density at radius 3 is 1.12 bits per heavy atom. The molecule has 50 valence electrons. The minimum atomic E-state index is -2.25. The van der Waals surface area contributed by atoms with E-state index in [2.05, 4.69) is 17.3 Å². The average molecular weight is 252 g/mol. The van der Waals surface area contributed by atoms with E-state index in [4.69, 9.17) is 33.2 Å². The van der Waals surface area contributed by atoms with Crippen LogP contribution in [-0.4, -0.2) is 17.1 Å². The molecule has 0 amide bonds. The number of hydrogen-bond acceptors (Lipinski definition) is 0. The number of rotatable bonds is 1. The Balaban J connectivity index is 4.02. The van der Waals surface area contributed by atoms with Crippen molar-refractivity contribution in [3.63, 3.8) is 0 Å². The van der Waals surface area contributed by atoms with Crippen LogP contribution in [0.5, 0.6) is 0 Å². The van der Waals surface area contributed by atoms with E-state index in [9.17, 15) is 0 Å². The van der Waals surface area contributed by atoms with Crippen LogP contribution in [0.3, 0.4) is 0 Å². The van der Waals surface area contributed by atoms with Gasteiger partial charge >= 0.3 is 67.6 Å². The summed E-state index contributed by atoms with van der Waals surface area (Å²) in [6.45, 7) is 0. The summed E-state index contributed by atoms with van der Waals surface area (Å²) in [7, 11) is 0. The SMILES string of the molecule is [CH3][Ge]([CH3])([CH3])[Si](Cl)(Cl)Cl. The van der Waals surface area contributed by atoms with Crippen molar-refractivity contribution < 1.29 is 0 Å². The van der Waals surface area contributed by atoms with Crippen molar-refractivity contribution in [3.8, 4) is 0 Å². The fraction of sp³-hybridized carbons (Fsp3) is 1.00. The molecule has 5 heteroatoms. The van der Waals surface area contributed by atoms with Crippen molar-refractivity contribution >= 4 is 50.4 Å². The normalized spacial score (nSPS) is 14.2. The van der Waals surface area contributed by atoms with Gasteiger partial charge in [-0.1, -0.05) is 0 Å². The summed E-state index contributed by atoms with van der Waals surface area (Å²) >= 11 is 15.4. The molecule has 0 rings (SSSR count). The van der Waals surface area contributed by atoms with Crippen molar-refractivity contribution in [2.24, 2.45) is 0 Å². The minimum absolute atomic E-state index is 1.88. The van der Waals surface area contributed by atoms with Crippen LogP contribution in [0.1, 0.15) is 0 Å². The van der Waals surface area contributed by atoms with E-state index in [0.29, 0.717) is 0 Å². The third kappa shape index (κ3) is 2.97. The van der Waals surface area contributed by atoms with Crippen molar-refractivity contribution in [1.29, 1.82) is 0 Å². The molecular weight excluding hydrogens is 243 g/mol. The third-order valence-corrected chi connectivity index (χ3v) is 39.8. The van der Waals surface area contributed by atoms with Gasteiger partial charge in [-0.25, -0.2) is 0 Å². The second-order valence-electron chi connectivity index (χ2n) is 2.75. The maximum absolute atomic E-state index is 5.76. The number of hydrogen-bond donors (Lipinski definition) is 0. The first-order valence-electron chi connectivity index (χ1n) is 2.32. The van der Waals surface area contributed by atoms with Crippen LogP contribution < -0.4 is 0 Å². The van der Waals surface area contributed by atoms with Crippen LogP contribution in [-0.2, 0) is 0 Å². The molecule has 0 bridgehead atoms. The molecule has 0 atom stereocenters. The van der Waals surface area contributed by atoms with Gasteiger partial charge in [0.25, 0.3) is 0 Å². The van der Waals surface area contributed by atoms with E-state index >= 15 is 0 Å². The molecule has 0 radical (unpaired) electrons. The maximum atomic E-state index is 5.76. The monoisotopic (exact) mass is 252 g/mol. The van der Waals surface area contributed by atoms with Gasteiger partial charge in [-0.2, -0.15) is 0 Å². The molecule has 0 saturated heterocycles. The van der Waals surface area contributed by atoms with Crippen LogP contribution in [0.4, 0.5) is 0 Å². The Bertz CT molecular complexity index is 69.5. The number of halogens is 3. The van der Waals surface area contributed by atoms with Crippen LogP contribution in [0.25, 0.3) is 0 Å². The fourth-order valence-electron chi connectivity index (χ4n) is 0. The molecule has 0 spiro atoms. The molecule has 0 saturated carbocycles. The predicted octanol–water partition coefficient (Wildman–Crippen LogP) is 3.06. The van der Waals surface area contributed by atoms with E-state index in [0.717, 1.165) is 0 Å². The van der Waals surface area contributed by atoms with Crippen LogP contribution >= 0.6 is 33.2 Å². The topological polar surface area (TPSA) is 0 Å². The zero-order valence-electron chi connectivity index (χ0n) is 5.13. The zero-order chi connectivity index (χ0) is 7.00. The molecule has 0 aliphatic heterocycles. The van der Waals surface area contributed by atoms with Gasteiger partial charge in [0.1, 0.15) is 0 Å². The fourth-order valence-corrected chi connectivity index (χ4v) is 0. The zero-order valence-corrected chi connectivity index (χ0v) is 10.5. The summed E-state index contributed by atoms with van der Waals surface area (Å²) in [6.07, 6.45) is 0. The molecule has 0 aromatic heterocycles. The Labute approximate surface area is 67.4 Å². The van der Waals surface area contributed by atoms with Gasteiger partial charge in [0, 0.05) is 0 Å². The molecule has 0 fully saturated rings. The molecule has 0 nitrogen and oxygen atoms in total. The van der Waals surface area contributed by atoms with Gasteiger partial charge in [-0.15, -0.1) is 0 Å². The summed E-state index contributed by atoms with van der Waals surface area (Å²) in [5, 5.41) is 0. The Kier molecular flexibility index (Phi) is 3.26. The molecule has 0 aliphatic carbocycles. The Morgan fingerprint density at radius 2 is 1.12 bits per heavy atom. The van der Waals surface area contributed by atoms with Gasteiger partial charge in [0.2, 0.25) is 0 Å². The summed E-state index contributed by atoms with van der Waals surface area (Å²) in [6, 6.07) is 0. The summed E-state index contributed by atoms with van der Waals surface area (Å²) in [4.78, 5) is 0. The first-order valence-corrected chi connectivity index (χ1v) is 16.8. The summed E-state index contributed by atoms with van der Waals surface area (Å²) in [5.41, 5.74) is 0.